The maximum Gasteiger partial charge on any atom is 0.294 e. The SMILES string of the molecule is CN(C(C)(C)C)S(=O)(=O)c1cc(Br)c(N)c([N+](=O)[O-])c1. The molecule has 0 radical (unpaired) electrons. The van der Waals surface area contributed by atoms with Crippen molar-refractivity contribution in [2.45, 2.75) is 31.2 Å². The Morgan fingerprint density at radius 1 is 1.35 bits per heavy atom. The first-order valence-corrected chi connectivity index (χ1v) is 7.85. The molecule has 0 aliphatic carbocycles. The van der Waals surface area contributed by atoms with Crippen molar-refractivity contribution in [1.29, 1.82) is 0 Å². The third-order valence-electron chi connectivity index (χ3n) is 2.88. The zero-order chi connectivity index (χ0) is 15.9. The molecule has 0 fully saturated rings. The minimum absolute atomic E-state index is 0.104. The summed E-state index contributed by atoms with van der Waals surface area (Å²) in [6.45, 7) is 5.18. The summed E-state index contributed by atoms with van der Waals surface area (Å²) in [5.41, 5.74) is 4.36. The second kappa shape index (κ2) is 5.30. The molecule has 0 unspecified atom stereocenters. The van der Waals surface area contributed by atoms with Gasteiger partial charge in [-0.1, -0.05) is 0 Å². The van der Waals surface area contributed by atoms with E-state index < -0.39 is 26.2 Å². The van der Waals surface area contributed by atoms with Gasteiger partial charge in [0, 0.05) is 23.1 Å². The number of nitrogens with zero attached hydrogens (tertiary/aromatic N) is 2. The van der Waals surface area contributed by atoms with E-state index in [2.05, 4.69) is 15.9 Å². The van der Waals surface area contributed by atoms with Crippen molar-refractivity contribution in [3.05, 3.63) is 26.7 Å². The third-order valence-corrected chi connectivity index (χ3v) is 5.64. The number of sulfonamides is 1. The summed E-state index contributed by atoms with van der Waals surface area (Å²) in [5.74, 6) is 0. The van der Waals surface area contributed by atoms with Gasteiger partial charge in [0.25, 0.3) is 5.69 Å². The summed E-state index contributed by atoms with van der Waals surface area (Å²) in [6, 6.07) is 2.23. The molecule has 9 heteroatoms. The number of nitro benzene ring substituents is 1. The molecule has 20 heavy (non-hydrogen) atoms. The fourth-order valence-electron chi connectivity index (χ4n) is 1.40. The summed E-state index contributed by atoms with van der Waals surface area (Å²) in [6.07, 6.45) is 0. The lowest BCUT2D eigenvalue weighted by atomic mass is 10.1. The number of rotatable bonds is 3. The summed E-state index contributed by atoms with van der Waals surface area (Å²) >= 11 is 3.04. The lowest BCUT2D eigenvalue weighted by Gasteiger charge is -2.30. The second-order valence-electron chi connectivity index (χ2n) is 5.24. The Labute approximate surface area is 126 Å². The standard InChI is InChI=1S/C11H16BrN3O4S/c1-11(2,3)14(4)20(18,19)7-5-8(12)10(13)9(6-7)15(16)17/h5-6H,13H2,1-4H3. The van der Waals surface area contributed by atoms with Crippen LogP contribution in [0.5, 0.6) is 0 Å². The quantitative estimate of drug-likeness (QED) is 0.502. The Hall–Kier alpha value is -1.19. The number of anilines is 1. The zero-order valence-corrected chi connectivity index (χ0v) is 13.9. The molecule has 0 saturated heterocycles. The van der Waals surface area contributed by atoms with Crippen LogP contribution in [-0.4, -0.2) is 30.2 Å². The van der Waals surface area contributed by atoms with Crippen molar-refractivity contribution in [2.75, 3.05) is 12.8 Å². The van der Waals surface area contributed by atoms with Crippen LogP contribution in [-0.2, 0) is 10.0 Å². The van der Waals surface area contributed by atoms with Gasteiger partial charge in [-0.2, -0.15) is 4.31 Å². The fourth-order valence-corrected chi connectivity index (χ4v) is 3.56. The summed E-state index contributed by atoms with van der Waals surface area (Å²) in [5, 5.41) is 10.9. The van der Waals surface area contributed by atoms with Crippen LogP contribution in [0.3, 0.4) is 0 Å². The predicted molar refractivity (Wildman–Crippen MR) is 79.9 cm³/mol. The van der Waals surface area contributed by atoms with Gasteiger partial charge in [-0.05, 0) is 42.8 Å². The van der Waals surface area contributed by atoms with Crippen LogP contribution in [0.15, 0.2) is 21.5 Å². The molecule has 0 aliphatic rings. The number of benzene rings is 1. The topological polar surface area (TPSA) is 107 Å². The minimum atomic E-state index is -3.85. The molecule has 2 N–H and O–H groups in total. The van der Waals surface area contributed by atoms with Gasteiger partial charge in [-0.15, -0.1) is 0 Å². The lowest BCUT2D eigenvalue weighted by molar-refractivity contribution is -0.384. The molecule has 7 nitrogen and oxygen atoms in total. The highest BCUT2D eigenvalue weighted by molar-refractivity contribution is 9.10. The van der Waals surface area contributed by atoms with Crippen molar-refractivity contribution in [2.24, 2.45) is 0 Å². The molecular formula is C11H16BrN3O4S. The van der Waals surface area contributed by atoms with Gasteiger partial charge in [0.15, 0.2) is 0 Å². The molecule has 0 heterocycles. The Morgan fingerprint density at radius 2 is 1.85 bits per heavy atom. The van der Waals surface area contributed by atoms with E-state index in [1.165, 1.54) is 13.1 Å². The first-order valence-electron chi connectivity index (χ1n) is 5.61. The molecule has 0 saturated carbocycles. The zero-order valence-electron chi connectivity index (χ0n) is 11.5. The average molecular weight is 366 g/mol. The Bertz CT molecular complexity index is 652. The first kappa shape index (κ1) is 16.9. The Balaban J connectivity index is 3.52. The van der Waals surface area contributed by atoms with Crippen molar-refractivity contribution in [1.82, 2.24) is 4.31 Å². The predicted octanol–water partition coefficient (Wildman–Crippen LogP) is 2.36. The first-order chi connectivity index (χ1) is 8.89. The number of nitro groups is 1. The van der Waals surface area contributed by atoms with E-state index in [0.717, 1.165) is 10.4 Å². The molecule has 0 spiro atoms. The minimum Gasteiger partial charge on any atom is -0.392 e. The van der Waals surface area contributed by atoms with Gasteiger partial charge in [-0.25, -0.2) is 8.42 Å². The van der Waals surface area contributed by atoms with E-state index >= 15 is 0 Å². The van der Waals surface area contributed by atoms with Crippen LogP contribution in [0.2, 0.25) is 0 Å². The van der Waals surface area contributed by atoms with Gasteiger partial charge >= 0.3 is 0 Å². The molecule has 0 aromatic heterocycles. The third kappa shape index (κ3) is 3.10. The largest absolute Gasteiger partial charge is 0.392 e. The van der Waals surface area contributed by atoms with E-state index in [9.17, 15) is 18.5 Å². The molecule has 0 atom stereocenters. The average Bonchev–Trinajstić information content (AvgIpc) is 2.29. The molecule has 1 aromatic carbocycles. The highest BCUT2D eigenvalue weighted by Crippen LogP contribution is 2.34. The Kier molecular flexibility index (Phi) is 4.47. The van der Waals surface area contributed by atoms with Crippen LogP contribution >= 0.6 is 15.9 Å². The molecular weight excluding hydrogens is 350 g/mol. The van der Waals surface area contributed by atoms with Gasteiger partial charge in [0.05, 0.1) is 9.82 Å². The summed E-state index contributed by atoms with van der Waals surface area (Å²) in [7, 11) is -2.43. The highest BCUT2D eigenvalue weighted by atomic mass is 79.9. The van der Waals surface area contributed by atoms with E-state index in [4.69, 9.17) is 5.73 Å². The fraction of sp³-hybridized carbons (Fsp3) is 0.455. The molecule has 1 aromatic rings. The lowest BCUT2D eigenvalue weighted by Crippen LogP contribution is -2.42. The number of halogens is 1. The van der Waals surface area contributed by atoms with Crippen LogP contribution in [0.1, 0.15) is 20.8 Å². The molecule has 0 bridgehead atoms. The van der Waals surface area contributed by atoms with Gasteiger partial charge < -0.3 is 5.73 Å². The van der Waals surface area contributed by atoms with Crippen LogP contribution < -0.4 is 5.73 Å². The summed E-state index contributed by atoms with van der Waals surface area (Å²) < 4.78 is 26.2. The molecule has 0 amide bonds. The smallest absolute Gasteiger partial charge is 0.294 e. The van der Waals surface area contributed by atoms with E-state index in [1.54, 1.807) is 20.8 Å². The van der Waals surface area contributed by atoms with Crippen LogP contribution in [0, 0.1) is 10.1 Å². The second-order valence-corrected chi connectivity index (χ2v) is 8.06. The number of hydrogen-bond donors (Lipinski definition) is 1. The van der Waals surface area contributed by atoms with Crippen LogP contribution in [0.25, 0.3) is 0 Å². The molecule has 1 rings (SSSR count). The number of nitrogens with two attached hydrogens (primary N) is 1. The van der Waals surface area contributed by atoms with Crippen molar-refractivity contribution in [3.8, 4) is 0 Å². The summed E-state index contributed by atoms with van der Waals surface area (Å²) in [4.78, 5) is 10.0. The molecule has 112 valence electrons. The van der Waals surface area contributed by atoms with Gasteiger partial charge in [0.2, 0.25) is 10.0 Å². The highest BCUT2D eigenvalue weighted by Gasteiger charge is 2.32. The van der Waals surface area contributed by atoms with E-state index in [0.29, 0.717) is 0 Å². The maximum absolute atomic E-state index is 12.5. The molecule has 0 aliphatic heterocycles. The monoisotopic (exact) mass is 365 g/mol. The van der Waals surface area contributed by atoms with Gasteiger partial charge in [0.1, 0.15) is 5.69 Å². The normalized spacial score (nSPS) is 12.7. The van der Waals surface area contributed by atoms with Gasteiger partial charge in [-0.3, -0.25) is 10.1 Å². The van der Waals surface area contributed by atoms with Crippen LogP contribution in [0.4, 0.5) is 11.4 Å². The van der Waals surface area contributed by atoms with E-state index in [-0.39, 0.29) is 15.1 Å². The maximum atomic E-state index is 12.5. The number of hydrogen-bond acceptors (Lipinski definition) is 5. The van der Waals surface area contributed by atoms with Crippen molar-refractivity contribution >= 4 is 37.3 Å². The van der Waals surface area contributed by atoms with Crippen molar-refractivity contribution < 1.29 is 13.3 Å². The van der Waals surface area contributed by atoms with Crippen molar-refractivity contribution in [3.63, 3.8) is 0 Å². The number of nitrogen functional groups attached to an aromatic ring is 1. The van der Waals surface area contributed by atoms with E-state index in [1.807, 2.05) is 0 Å². The Morgan fingerprint density at radius 3 is 2.25 bits per heavy atom.